The molecule has 0 aromatic rings. The second kappa shape index (κ2) is 9.72. The fourth-order valence-electron chi connectivity index (χ4n) is 3.43. The molecule has 0 aliphatic carbocycles. The smallest absolute Gasteiger partial charge is 0.334 e. The quantitative estimate of drug-likeness (QED) is 0.476. The van der Waals surface area contributed by atoms with Crippen molar-refractivity contribution in [3.05, 3.63) is 11.6 Å². The van der Waals surface area contributed by atoms with Crippen LogP contribution in [0, 0.1) is 23.2 Å². The van der Waals surface area contributed by atoms with Gasteiger partial charge < -0.3 is 14.6 Å². The molecule has 0 aromatic carbocycles. The summed E-state index contributed by atoms with van der Waals surface area (Å²) in [7, 11) is 0. The van der Waals surface area contributed by atoms with E-state index < -0.39 is 17.0 Å². The van der Waals surface area contributed by atoms with Crippen LogP contribution in [0.3, 0.4) is 0 Å². The van der Waals surface area contributed by atoms with Crippen LogP contribution in [0.25, 0.3) is 0 Å². The van der Waals surface area contributed by atoms with Gasteiger partial charge in [0.25, 0.3) is 0 Å². The van der Waals surface area contributed by atoms with Crippen molar-refractivity contribution in [1.82, 2.24) is 0 Å². The van der Waals surface area contributed by atoms with Crippen molar-refractivity contribution in [2.24, 2.45) is 23.2 Å². The molecule has 27 heavy (non-hydrogen) atoms. The number of carbonyl (C=O) groups excluding carboxylic acids is 2. The Hall–Kier alpha value is -1.36. The maximum absolute atomic E-state index is 12.3. The molecule has 0 amide bonds. The Labute approximate surface area is 164 Å². The van der Waals surface area contributed by atoms with Crippen molar-refractivity contribution in [3.8, 4) is 0 Å². The van der Waals surface area contributed by atoms with E-state index >= 15 is 0 Å². The SMILES string of the molecule is CC(C)CC(C/C=C1/C[C@](CO)(COC(=O)C(C)(C)C)OC1=O)CC(C)C. The number of hydrogen-bond acceptors (Lipinski definition) is 5. The Kier molecular flexibility index (Phi) is 8.52. The number of ether oxygens (including phenoxy) is 2. The predicted octanol–water partition coefficient (Wildman–Crippen LogP) is 4.28. The lowest BCUT2D eigenvalue weighted by Crippen LogP contribution is -2.40. The summed E-state index contributed by atoms with van der Waals surface area (Å²) < 4.78 is 10.7. The van der Waals surface area contributed by atoms with E-state index in [9.17, 15) is 14.7 Å². The summed E-state index contributed by atoms with van der Waals surface area (Å²) in [4.78, 5) is 24.3. The van der Waals surface area contributed by atoms with Crippen LogP contribution in [-0.4, -0.2) is 35.9 Å². The van der Waals surface area contributed by atoms with Crippen molar-refractivity contribution in [1.29, 1.82) is 0 Å². The van der Waals surface area contributed by atoms with E-state index in [0.29, 0.717) is 23.3 Å². The molecule has 0 aromatic heterocycles. The van der Waals surface area contributed by atoms with Crippen LogP contribution in [0.1, 0.15) is 74.1 Å². The Morgan fingerprint density at radius 3 is 2.22 bits per heavy atom. The molecule has 1 aliphatic heterocycles. The fraction of sp³-hybridized carbons (Fsp3) is 0.818. The average Bonchev–Trinajstić information content (AvgIpc) is 2.85. The molecule has 1 fully saturated rings. The van der Waals surface area contributed by atoms with Crippen molar-refractivity contribution in [3.63, 3.8) is 0 Å². The van der Waals surface area contributed by atoms with Crippen LogP contribution >= 0.6 is 0 Å². The minimum absolute atomic E-state index is 0.121. The molecule has 1 saturated heterocycles. The van der Waals surface area contributed by atoms with Gasteiger partial charge in [-0.05, 0) is 57.8 Å². The third-order valence-electron chi connectivity index (χ3n) is 4.76. The molecule has 0 bridgehead atoms. The molecule has 156 valence electrons. The molecule has 5 nitrogen and oxygen atoms in total. The fourth-order valence-corrected chi connectivity index (χ4v) is 3.43. The number of hydrogen-bond donors (Lipinski definition) is 1. The van der Waals surface area contributed by atoms with E-state index in [1.165, 1.54) is 0 Å². The molecule has 5 heteroatoms. The third-order valence-corrected chi connectivity index (χ3v) is 4.76. The third kappa shape index (κ3) is 7.65. The van der Waals surface area contributed by atoms with Gasteiger partial charge in [0.2, 0.25) is 0 Å². The summed E-state index contributed by atoms with van der Waals surface area (Å²) in [6.45, 7) is 13.6. The molecular weight excluding hydrogens is 344 g/mol. The van der Waals surface area contributed by atoms with Crippen molar-refractivity contribution < 1.29 is 24.2 Å². The van der Waals surface area contributed by atoms with E-state index in [2.05, 4.69) is 27.7 Å². The van der Waals surface area contributed by atoms with Crippen LogP contribution in [0.4, 0.5) is 0 Å². The monoisotopic (exact) mass is 382 g/mol. The summed E-state index contributed by atoms with van der Waals surface area (Å²) in [6, 6.07) is 0. The molecule has 1 N–H and O–H groups in total. The Morgan fingerprint density at radius 1 is 1.22 bits per heavy atom. The molecular formula is C22H38O5. The first-order chi connectivity index (χ1) is 12.4. The summed E-state index contributed by atoms with van der Waals surface area (Å²) in [5, 5.41) is 9.79. The highest BCUT2D eigenvalue weighted by Crippen LogP contribution is 2.33. The normalized spacial score (nSPS) is 22.2. The van der Waals surface area contributed by atoms with Crippen LogP contribution in [0.15, 0.2) is 11.6 Å². The number of rotatable bonds is 9. The van der Waals surface area contributed by atoms with Gasteiger partial charge in [-0.25, -0.2) is 4.79 Å². The highest BCUT2D eigenvalue weighted by atomic mass is 16.6. The second-order valence-electron chi connectivity index (χ2n) is 9.82. The molecule has 0 radical (unpaired) electrons. The van der Waals surface area contributed by atoms with E-state index in [-0.39, 0.29) is 25.6 Å². The van der Waals surface area contributed by atoms with Crippen LogP contribution in [0.5, 0.6) is 0 Å². The van der Waals surface area contributed by atoms with Crippen LogP contribution in [-0.2, 0) is 19.1 Å². The zero-order valence-electron chi connectivity index (χ0n) is 18.1. The molecule has 1 aliphatic rings. The second-order valence-corrected chi connectivity index (χ2v) is 9.82. The molecule has 0 spiro atoms. The van der Waals surface area contributed by atoms with Gasteiger partial charge in [0, 0.05) is 12.0 Å². The van der Waals surface area contributed by atoms with Gasteiger partial charge in [-0.1, -0.05) is 33.8 Å². The summed E-state index contributed by atoms with van der Waals surface area (Å²) in [5.41, 5.74) is -1.22. The Balaban J connectivity index is 2.78. The highest BCUT2D eigenvalue weighted by molar-refractivity contribution is 5.91. The zero-order valence-corrected chi connectivity index (χ0v) is 18.1. The molecule has 0 saturated carbocycles. The van der Waals surface area contributed by atoms with E-state index in [1.54, 1.807) is 20.8 Å². The van der Waals surface area contributed by atoms with Crippen molar-refractivity contribution in [2.45, 2.75) is 79.8 Å². The molecule has 1 rings (SSSR count). The largest absolute Gasteiger partial charge is 0.461 e. The molecule has 1 heterocycles. The van der Waals surface area contributed by atoms with Gasteiger partial charge in [-0.2, -0.15) is 0 Å². The lowest BCUT2D eigenvalue weighted by molar-refractivity contribution is -0.171. The first-order valence-corrected chi connectivity index (χ1v) is 10.1. The number of aliphatic hydroxyl groups is 1. The van der Waals surface area contributed by atoms with Crippen molar-refractivity contribution >= 4 is 11.9 Å². The van der Waals surface area contributed by atoms with Gasteiger partial charge >= 0.3 is 11.9 Å². The van der Waals surface area contributed by atoms with Gasteiger partial charge in [0.15, 0.2) is 5.60 Å². The highest BCUT2D eigenvalue weighted by Gasteiger charge is 2.45. The average molecular weight is 383 g/mol. The van der Waals surface area contributed by atoms with Crippen LogP contribution < -0.4 is 0 Å². The minimum Gasteiger partial charge on any atom is -0.461 e. The minimum atomic E-state index is -1.16. The van der Waals surface area contributed by atoms with E-state index in [4.69, 9.17) is 9.47 Å². The van der Waals surface area contributed by atoms with Gasteiger partial charge in [0.05, 0.1) is 12.0 Å². The summed E-state index contributed by atoms with van der Waals surface area (Å²) in [5.74, 6) is 0.946. The van der Waals surface area contributed by atoms with E-state index in [0.717, 1.165) is 19.3 Å². The van der Waals surface area contributed by atoms with Gasteiger partial charge in [-0.15, -0.1) is 0 Å². The zero-order chi connectivity index (χ0) is 20.8. The van der Waals surface area contributed by atoms with Crippen molar-refractivity contribution in [2.75, 3.05) is 13.2 Å². The molecule has 1 atom stereocenters. The Bertz CT molecular complexity index is 531. The lowest BCUT2D eigenvalue weighted by atomic mass is 9.86. The summed E-state index contributed by atoms with van der Waals surface area (Å²) in [6.07, 6.45) is 5.29. The van der Waals surface area contributed by atoms with E-state index in [1.807, 2.05) is 6.08 Å². The number of allylic oxidation sites excluding steroid dienone is 1. The predicted molar refractivity (Wildman–Crippen MR) is 106 cm³/mol. The first-order valence-electron chi connectivity index (χ1n) is 10.1. The standard InChI is InChI=1S/C22H38O5/c1-15(2)10-17(11-16(3)4)8-9-18-12-22(13-23,27-19(18)24)14-26-20(25)21(5,6)7/h9,15-17,23H,8,10-14H2,1-7H3/b18-9-/t22-/m0/s1. The maximum Gasteiger partial charge on any atom is 0.334 e. The Morgan fingerprint density at radius 2 is 1.78 bits per heavy atom. The molecule has 0 unspecified atom stereocenters. The first kappa shape index (κ1) is 23.7. The van der Waals surface area contributed by atoms with Gasteiger partial charge in [0.1, 0.15) is 6.61 Å². The number of carbonyl (C=O) groups is 2. The number of aliphatic hydroxyl groups excluding tert-OH is 1. The van der Waals surface area contributed by atoms with Gasteiger partial charge in [-0.3, -0.25) is 4.79 Å². The maximum atomic E-state index is 12.3. The number of cyclic esters (lactones) is 1. The summed E-state index contributed by atoms with van der Waals surface area (Å²) >= 11 is 0. The van der Waals surface area contributed by atoms with Crippen LogP contribution in [0.2, 0.25) is 0 Å². The number of esters is 2. The topological polar surface area (TPSA) is 72.8 Å². The lowest BCUT2D eigenvalue weighted by Gasteiger charge is -2.26.